The van der Waals surface area contributed by atoms with Gasteiger partial charge < -0.3 is 14.5 Å². The third-order valence-corrected chi connectivity index (χ3v) is 3.00. The van der Waals surface area contributed by atoms with Gasteiger partial charge in [0.2, 0.25) is 0 Å². The van der Waals surface area contributed by atoms with E-state index in [0.717, 1.165) is 5.46 Å². The molecule has 0 spiro atoms. The molecule has 1 aliphatic rings. The number of aromatic hydroxyl groups is 1. The van der Waals surface area contributed by atoms with Gasteiger partial charge in [-0.25, -0.2) is 0 Å². The van der Waals surface area contributed by atoms with E-state index in [1.807, 2.05) is 24.3 Å². The van der Waals surface area contributed by atoms with Crippen molar-refractivity contribution >= 4 is 12.9 Å². The molecule has 0 bridgehead atoms. The summed E-state index contributed by atoms with van der Waals surface area (Å²) in [5.74, 6) is 1.02. The molecule has 0 fully saturated rings. The lowest BCUT2D eigenvalue weighted by Gasteiger charge is -2.10. The molecule has 1 unspecified atom stereocenters. The second kappa shape index (κ2) is 4.67. The zero-order valence-corrected chi connectivity index (χ0v) is 10.0. The van der Waals surface area contributed by atoms with E-state index in [4.69, 9.17) is 14.7 Å². The van der Waals surface area contributed by atoms with E-state index < -0.39 is 6.10 Å². The van der Waals surface area contributed by atoms with Crippen molar-refractivity contribution in [3.8, 4) is 23.3 Å². The predicted molar refractivity (Wildman–Crippen MR) is 70.8 cm³/mol. The van der Waals surface area contributed by atoms with Crippen molar-refractivity contribution in [1.29, 1.82) is 5.26 Å². The van der Waals surface area contributed by atoms with Crippen LogP contribution in [0.2, 0.25) is 0 Å². The van der Waals surface area contributed by atoms with Gasteiger partial charge in [-0.2, -0.15) is 5.26 Å². The maximum atomic E-state index is 9.96. The summed E-state index contributed by atoms with van der Waals surface area (Å²) in [4.78, 5) is 0. The maximum Gasteiger partial charge on any atom is 0.311 e. The van der Waals surface area contributed by atoms with Crippen molar-refractivity contribution in [2.45, 2.75) is 6.10 Å². The van der Waals surface area contributed by atoms with Gasteiger partial charge in [-0.05, 0) is 35.3 Å². The van der Waals surface area contributed by atoms with Crippen LogP contribution in [0.5, 0.6) is 17.2 Å². The van der Waals surface area contributed by atoms with Gasteiger partial charge in [0.05, 0.1) is 6.07 Å². The Morgan fingerprint density at radius 1 is 1.26 bits per heavy atom. The highest BCUT2D eigenvalue weighted by Gasteiger charge is 2.26. The first-order valence-electron chi connectivity index (χ1n) is 5.88. The van der Waals surface area contributed by atoms with E-state index in [-0.39, 0.29) is 5.75 Å². The monoisotopic (exact) mass is 251 g/mol. The molecule has 0 radical (unpaired) electrons. The van der Waals surface area contributed by atoms with E-state index in [1.54, 1.807) is 18.2 Å². The van der Waals surface area contributed by atoms with Crippen LogP contribution in [0, 0.1) is 11.3 Å². The lowest BCUT2D eigenvalue weighted by Crippen LogP contribution is -2.11. The average Bonchev–Trinajstić information content (AvgIpc) is 2.82. The average molecular weight is 251 g/mol. The molecule has 4 nitrogen and oxygen atoms in total. The Labute approximate surface area is 111 Å². The molecule has 0 aromatic heterocycles. The van der Waals surface area contributed by atoms with Crippen LogP contribution in [0.1, 0.15) is 11.7 Å². The second-order valence-corrected chi connectivity index (χ2v) is 4.25. The topological polar surface area (TPSA) is 62.5 Å². The lowest BCUT2D eigenvalue weighted by atomic mass is 9.86. The second-order valence-electron chi connectivity index (χ2n) is 4.25. The van der Waals surface area contributed by atoms with Gasteiger partial charge in [0, 0.05) is 0 Å². The highest BCUT2D eigenvalue weighted by Crippen LogP contribution is 2.34. The van der Waals surface area contributed by atoms with E-state index in [0.29, 0.717) is 24.5 Å². The molecular formula is C14H10BNO3. The molecule has 1 aliphatic heterocycles. The fourth-order valence-electron chi connectivity index (χ4n) is 2.06. The molecule has 3 rings (SSSR count). The molecule has 1 heterocycles. The number of ether oxygens (including phenoxy) is 1. The van der Waals surface area contributed by atoms with E-state index in [1.165, 1.54) is 6.07 Å². The summed E-state index contributed by atoms with van der Waals surface area (Å²) in [6, 6.07) is 14.5. The lowest BCUT2D eigenvalue weighted by molar-refractivity contribution is 0.296. The largest absolute Gasteiger partial charge is 0.504 e. The number of nitrogens with zero attached hydrogens (tertiary/aromatic N) is 1. The van der Waals surface area contributed by atoms with Crippen LogP contribution in [-0.4, -0.2) is 12.6 Å². The first kappa shape index (κ1) is 11.6. The van der Waals surface area contributed by atoms with Crippen LogP contribution in [-0.2, 0) is 4.65 Å². The van der Waals surface area contributed by atoms with Crippen LogP contribution in [0.25, 0.3) is 0 Å². The molecular weight excluding hydrogens is 241 g/mol. The number of benzene rings is 2. The van der Waals surface area contributed by atoms with Crippen LogP contribution in [0.15, 0.2) is 42.5 Å². The maximum absolute atomic E-state index is 9.96. The number of phenolic OH excluding ortho intramolecular Hbond substituents is 1. The quantitative estimate of drug-likeness (QED) is 0.826. The smallest absolute Gasteiger partial charge is 0.311 e. The number of rotatable bonds is 2. The van der Waals surface area contributed by atoms with E-state index >= 15 is 0 Å². The van der Waals surface area contributed by atoms with Crippen molar-refractivity contribution in [3.05, 3.63) is 48.0 Å². The van der Waals surface area contributed by atoms with Crippen LogP contribution < -0.4 is 10.2 Å². The number of fused-ring (bicyclic) bond motifs is 1. The number of phenols is 1. The standard InChI is InChI=1S/C14H10BNO3/c16-8-14-10-6-12(17)13(7-11(10)15-19-14)18-9-4-2-1-3-5-9/h1-7,14-15,17H. The van der Waals surface area contributed by atoms with Gasteiger partial charge >= 0.3 is 7.48 Å². The third-order valence-electron chi connectivity index (χ3n) is 3.00. The molecule has 92 valence electrons. The SMILES string of the molecule is N#CC1OBc2cc(Oc3ccccc3)c(O)cc21. The van der Waals surface area contributed by atoms with Crippen molar-refractivity contribution in [3.63, 3.8) is 0 Å². The summed E-state index contributed by atoms with van der Waals surface area (Å²) < 4.78 is 10.9. The number of hydrogen-bond donors (Lipinski definition) is 1. The van der Waals surface area contributed by atoms with Crippen molar-refractivity contribution < 1.29 is 14.5 Å². The van der Waals surface area contributed by atoms with Crippen LogP contribution in [0.4, 0.5) is 0 Å². The fraction of sp³-hybridized carbons (Fsp3) is 0.0714. The van der Waals surface area contributed by atoms with Gasteiger partial charge in [-0.1, -0.05) is 18.2 Å². The van der Waals surface area contributed by atoms with Crippen LogP contribution >= 0.6 is 0 Å². The van der Waals surface area contributed by atoms with E-state index in [2.05, 4.69) is 0 Å². The van der Waals surface area contributed by atoms with Crippen molar-refractivity contribution in [2.75, 3.05) is 0 Å². The Kier molecular flexibility index (Phi) is 2.86. The van der Waals surface area contributed by atoms with Gasteiger partial charge in [-0.15, -0.1) is 0 Å². The highest BCUT2D eigenvalue weighted by molar-refractivity contribution is 6.49. The van der Waals surface area contributed by atoms with Crippen molar-refractivity contribution in [1.82, 2.24) is 0 Å². The molecule has 2 aromatic rings. The molecule has 0 amide bonds. The molecule has 2 aromatic carbocycles. The minimum atomic E-state index is -0.605. The van der Waals surface area contributed by atoms with Gasteiger partial charge in [0.25, 0.3) is 0 Å². The summed E-state index contributed by atoms with van der Waals surface area (Å²) in [7, 11) is 0.360. The zero-order chi connectivity index (χ0) is 13.2. The Hall–Kier alpha value is -2.45. The van der Waals surface area contributed by atoms with Crippen LogP contribution in [0.3, 0.4) is 0 Å². The zero-order valence-electron chi connectivity index (χ0n) is 10.0. The van der Waals surface area contributed by atoms with E-state index in [9.17, 15) is 5.11 Å². The summed E-state index contributed by atoms with van der Waals surface area (Å²) in [6.45, 7) is 0. The van der Waals surface area contributed by atoms with Crippen molar-refractivity contribution in [2.24, 2.45) is 0 Å². The summed E-state index contributed by atoms with van der Waals surface area (Å²) >= 11 is 0. The summed E-state index contributed by atoms with van der Waals surface area (Å²) in [6.07, 6.45) is -0.605. The molecule has 5 heteroatoms. The Balaban J connectivity index is 1.95. The molecule has 1 atom stereocenters. The molecule has 19 heavy (non-hydrogen) atoms. The molecule has 1 N–H and O–H groups in total. The summed E-state index contributed by atoms with van der Waals surface area (Å²) in [5.41, 5.74) is 1.58. The number of nitriles is 1. The Morgan fingerprint density at radius 3 is 2.79 bits per heavy atom. The van der Waals surface area contributed by atoms with Gasteiger partial charge in [-0.3, -0.25) is 0 Å². The predicted octanol–water partition coefficient (Wildman–Crippen LogP) is 1.76. The van der Waals surface area contributed by atoms with Gasteiger partial charge in [0.15, 0.2) is 17.6 Å². The molecule has 0 saturated carbocycles. The molecule has 0 aliphatic carbocycles. The third kappa shape index (κ3) is 2.14. The first-order chi connectivity index (χ1) is 9.28. The summed E-state index contributed by atoms with van der Waals surface area (Å²) in [5, 5.41) is 18.9. The molecule has 0 saturated heterocycles. The first-order valence-corrected chi connectivity index (χ1v) is 5.88. The minimum Gasteiger partial charge on any atom is -0.504 e. The Morgan fingerprint density at radius 2 is 2.05 bits per heavy atom. The van der Waals surface area contributed by atoms with Gasteiger partial charge in [0.1, 0.15) is 5.75 Å². The highest BCUT2D eigenvalue weighted by atomic mass is 16.5. The Bertz CT molecular complexity index is 652. The fourth-order valence-corrected chi connectivity index (χ4v) is 2.06. The normalized spacial score (nSPS) is 16.3. The number of para-hydroxylation sites is 1. The minimum absolute atomic E-state index is 0.00773. The number of hydrogen-bond acceptors (Lipinski definition) is 4.